The van der Waals surface area contributed by atoms with Gasteiger partial charge in [-0.2, -0.15) is 0 Å². The van der Waals surface area contributed by atoms with Gasteiger partial charge in [0.15, 0.2) is 0 Å². The Balaban J connectivity index is 2.15. The van der Waals surface area contributed by atoms with E-state index in [1.54, 1.807) is 0 Å². The molecule has 2 bridgehead atoms. The zero-order valence-electron chi connectivity index (χ0n) is 9.84. The molecule has 3 aliphatic rings. The van der Waals surface area contributed by atoms with E-state index >= 15 is 0 Å². The van der Waals surface area contributed by atoms with Crippen molar-refractivity contribution in [3.05, 3.63) is 0 Å². The third-order valence-corrected chi connectivity index (χ3v) is 3.43. The highest BCUT2D eigenvalue weighted by Crippen LogP contribution is 2.48. The molecule has 3 heterocycles. The molecule has 0 amide bonds. The van der Waals surface area contributed by atoms with E-state index in [-0.39, 0.29) is 10.8 Å². The Kier molecular flexibility index (Phi) is 2.58. The minimum absolute atomic E-state index is 0.0283. The summed E-state index contributed by atoms with van der Waals surface area (Å²) in [5.41, 5.74) is 5.43. The van der Waals surface area contributed by atoms with Crippen molar-refractivity contribution in [3.8, 4) is 0 Å². The number of hydrogen-bond acceptors (Lipinski definition) is 4. The molecule has 0 atom stereocenters. The highest BCUT2D eigenvalue weighted by atomic mass is 16.9. The molecule has 0 saturated carbocycles. The van der Waals surface area contributed by atoms with E-state index in [1.165, 1.54) is 0 Å². The van der Waals surface area contributed by atoms with Gasteiger partial charge in [-0.15, -0.1) is 0 Å². The van der Waals surface area contributed by atoms with E-state index < -0.39 is 5.97 Å². The van der Waals surface area contributed by atoms with Crippen LogP contribution < -0.4 is 5.73 Å². The van der Waals surface area contributed by atoms with Gasteiger partial charge in [0.1, 0.15) is 0 Å². The Morgan fingerprint density at radius 1 is 1.13 bits per heavy atom. The van der Waals surface area contributed by atoms with Crippen LogP contribution in [0.2, 0.25) is 0 Å². The molecule has 0 aromatic heterocycles. The maximum Gasteiger partial charge on any atom is 0.288 e. The van der Waals surface area contributed by atoms with Gasteiger partial charge in [0.25, 0.3) is 5.97 Å². The number of fused-ring (bicyclic) bond motifs is 3. The lowest BCUT2D eigenvalue weighted by Gasteiger charge is -2.56. The lowest BCUT2D eigenvalue weighted by atomic mass is 9.82. The summed E-state index contributed by atoms with van der Waals surface area (Å²) in [7, 11) is 0. The average Bonchev–Trinajstić information content (AvgIpc) is 2.19. The van der Waals surface area contributed by atoms with Gasteiger partial charge in [-0.3, -0.25) is 0 Å². The van der Waals surface area contributed by atoms with Crippen molar-refractivity contribution in [1.29, 1.82) is 0 Å². The second-order valence-corrected chi connectivity index (χ2v) is 5.66. The Morgan fingerprint density at radius 2 is 1.60 bits per heavy atom. The topological polar surface area (TPSA) is 53.7 Å². The summed E-state index contributed by atoms with van der Waals surface area (Å²) in [6.07, 6.45) is 0.823. The molecule has 0 radical (unpaired) electrons. The molecule has 3 saturated heterocycles. The lowest BCUT2D eigenvalue weighted by Crippen LogP contribution is -2.65. The Hall–Kier alpha value is -0.160. The van der Waals surface area contributed by atoms with Crippen molar-refractivity contribution < 1.29 is 14.2 Å². The molecule has 0 aromatic carbocycles. The van der Waals surface area contributed by atoms with Gasteiger partial charge in [0, 0.05) is 10.8 Å². The molecule has 15 heavy (non-hydrogen) atoms. The van der Waals surface area contributed by atoms with Gasteiger partial charge in [0.2, 0.25) is 0 Å². The Bertz CT molecular complexity index is 228. The summed E-state index contributed by atoms with van der Waals surface area (Å²) >= 11 is 0. The lowest BCUT2D eigenvalue weighted by molar-refractivity contribution is -0.499. The van der Waals surface area contributed by atoms with E-state index in [2.05, 4.69) is 20.8 Å². The van der Waals surface area contributed by atoms with Crippen molar-refractivity contribution in [1.82, 2.24) is 0 Å². The predicted molar refractivity (Wildman–Crippen MR) is 56.1 cm³/mol. The van der Waals surface area contributed by atoms with E-state index in [0.29, 0.717) is 26.4 Å². The minimum atomic E-state index is -0.871. The van der Waals surface area contributed by atoms with Gasteiger partial charge >= 0.3 is 0 Å². The summed E-state index contributed by atoms with van der Waals surface area (Å²) in [6.45, 7) is 9.01. The fourth-order valence-corrected chi connectivity index (χ4v) is 2.16. The number of hydrogen-bond donors (Lipinski definition) is 1. The van der Waals surface area contributed by atoms with Gasteiger partial charge in [-0.25, -0.2) is 0 Å². The molecule has 0 aromatic rings. The fourth-order valence-electron chi connectivity index (χ4n) is 2.16. The zero-order valence-corrected chi connectivity index (χ0v) is 9.84. The number of nitrogens with two attached hydrogens (primary N) is 1. The monoisotopic (exact) mass is 215 g/mol. The molecule has 3 fully saturated rings. The van der Waals surface area contributed by atoms with Gasteiger partial charge < -0.3 is 19.9 Å². The van der Waals surface area contributed by atoms with Crippen molar-refractivity contribution in [2.75, 3.05) is 26.4 Å². The molecule has 4 nitrogen and oxygen atoms in total. The standard InChI is InChI=1S/C11H21NO3/c1-9(2,4-5-12)11-13-6-10(3,7-14-11)8-15-11/h4-8,12H2,1-3H3. The molecule has 0 spiro atoms. The van der Waals surface area contributed by atoms with Crippen LogP contribution in [0.25, 0.3) is 0 Å². The van der Waals surface area contributed by atoms with Gasteiger partial charge in [-0.1, -0.05) is 20.8 Å². The second kappa shape index (κ2) is 3.42. The molecule has 3 rings (SSSR count). The molecule has 4 heteroatoms. The van der Waals surface area contributed by atoms with Crippen LogP contribution in [0, 0.1) is 10.8 Å². The van der Waals surface area contributed by atoms with Crippen molar-refractivity contribution >= 4 is 0 Å². The number of rotatable bonds is 3. The SMILES string of the molecule is CC12COC(C(C)(C)CCN)(OC1)OC2. The van der Waals surface area contributed by atoms with Crippen LogP contribution in [0.4, 0.5) is 0 Å². The molecule has 88 valence electrons. The second-order valence-electron chi connectivity index (χ2n) is 5.66. The summed E-state index contributed by atoms with van der Waals surface area (Å²) in [5.74, 6) is -0.871. The van der Waals surface area contributed by atoms with Crippen molar-refractivity contribution in [2.45, 2.75) is 33.2 Å². The highest BCUT2D eigenvalue weighted by Gasteiger charge is 2.58. The van der Waals surface area contributed by atoms with Crippen LogP contribution in [0.1, 0.15) is 27.2 Å². The molecule has 0 unspecified atom stereocenters. The van der Waals surface area contributed by atoms with Gasteiger partial charge in [0.05, 0.1) is 19.8 Å². The van der Waals surface area contributed by atoms with Gasteiger partial charge in [-0.05, 0) is 13.0 Å². The predicted octanol–water partition coefficient (Wildman–Crippen LogP) is 1.10. The Morgan fingerprint density at radius 3 is 2.00 bits per heavy atom. The first-order valence-corrected chi connectivity index (χ1v) is 5.55. The molecular weight excluding hydrogens is 194 g/mol. The van der Waals surface area contributed by atoms with E-state index in [9.17, 15) is 0 Å². The maximum absolute atomic E-state index is 5.78. The third-order valence-electron chi connectivity index (χ3n) is 3.43. The van der Waals surface area contributed by atoms with E-state index in [1.807, 2.05) is 0 Å². The van der Waals surface area contributed by atoms with Crippen LogP contribution in [0.15, 0.2) is 0 Å². The third kappa shape index (κ3) is 1.69. The summed E-state index contributed by atoms with van der Waals surface area (Å²) < 4.78 is 17.4. The van der Waals surface area contributed by atoms with Crippen molar-refractivity contribution in [3.63, 3.8) is 0 Å². The largest absolute Gasteiger partial charge is 0.330 e. The first kappa shape index (κ1) is 11.3. The smallest absolute Gasteiger partial charge is 0.288 e. The molecule has 2 N–H and O–H groups in total. The van der Waals surface area contributed by atoms with Crippen LogP contribution in [-0.2, 0) is 14.2 Å². The summed E-state index contributed by atoms with van der Waals surface area (Å²) in [4.78, 5) is 0. The number of ether oxygens (including phenoxy) is 3. The maximum atomic E-state index is 5.78. The summed E-state index contributed by atoms with van der Waals surface area (Å²) in [5, 5.41) is 0. The molecule has 0 aliphatic carbocycles. The first-order chi connectivity index (χ1) is 6.93. The molecular formula is C11H21NO3. The van der Waals surface area contributed by atoms with Crippen LogP contribution in [0.5, 0.6) is 0 Å². The van der Waals surface area contributed by atoms with Crippen molar-refractivity contribution in [2.24, 2.45) is 16.6 Å². The van der Waals surface area contributed by atoms with Crippen LogP contribution in [0.3, 0.4) is 0 Å². The fraction of sp³-hybridized carbons (Fsp3) is 1.00. The minimum Gasteiger partial charge on any atom is -0.330 e. The Labute approximate surface area is 91.1 Å². The zero-order chi connectivity index (χ0) is 11.2. The van der Waals surface area contributed by atoms with E-state index in [4.69, 9.17) is 19.9 Å². The highest BCUT2D eigenvalue weighted by molar-refractivity contribution is 4.91. The summed E-state index contributed by atoms with van der Waals surface area (Å²) in [6, 6.07) is 0. The average molecular weight is 215 g/mol. The van der Waals surface area contributed by atoms with Crippen LogP contribution >= 0.6 is 0 Å². The molecule has 3 aliphatic heterocycles. The first-order valence-electron chi connectivity index (χ1n) is 5.55. The van der Waals surface area contributed by atoms with Crippen LogP contribution in [-0.4, -0.2) is 32.3 Å². The quantitative estimate of drug-likeness (QED) is 0.766. The normalized spacial score (nSPS) is 40.8. The van der Waals surface area contributed by atoms with E-state index in [0.717, 1.165) is 6.42 Å².